The molecule has 0 radical (unpaired) electrons. The van der Waals surface area contributed by atoms with Crippen LogP contribution in [-0.2, 0) is 0 Å². The van der Waals surface area contributed by atoms with E-state index in [2.05, 4.69) is 5.32 Å². The average molecular weight is 289 g/mol. The lowest BCUT2D eigenvalue weighted by molar-refractivity contribution is -0.385. The van der Waals surface area contributed by atoms with Crippen LogP contribution in [0.2, 0.25) is 0 Å². The summed E-state index contributed by atoms with van der Waals surface area (Å²) in [5.41, 5.74) is 5.99. The minimum atomic E-state index is -0.755. The van der Waals surface area contributed by atoms with Crippen LogP contribution in [0.15, 0.2) is 36.4 Å². The van der Waals surface area contributed by atoms with Gasteiger partial charge in [0.2, 0.25) is 0 Å². The Labute approximate surface area is 119 Å². The summed E-state index contributed by atoms with van der Waals surface area (Å²) in [5.74, 6) is -1.46. The number of amides is 1. The lowest BCUT2D eigenvalue weighted by atomic mass is 10.1. The Bertz CT molecular complexity index is 731. The Morgan fingerprint density at radius 3 is 2.62 bits per heavy atom. The summed E-state index contributed by atoms with van der Waals surface area (Å²) >= 11 is 0. The van der Waals surface area contributed by atoms with Gasteiger partial charge in [0, 0.05) is 23.0 Å². The van der Waals surface area contributed by atoms with Gasteiger partial charge in [-0.3, -0.25) is 14.9 Å². The summed E-state index contributed by atoms with van der Waals surface area (Å²) in [4.78, 5) is 22.2. The average Bonchev–Trinajstić information content (AvgIpc) is 2.40. The van der Waals surface area contributed by atoms with E-state index < -0.39 is 16.6 Å². The van der Waals surface area contributed by atoms with Gasteiger partial charge in [-0.2, -0.15) is 0 Å². The first kappa shape index (κ1) is 14.4. The number of nitrogens with one attached hydrogen (secondary N) is 1. The molecule has 7 heteroatoms. The molecule has 1 amide bonds. The van der Waals surface area contributed by atoms with E-state index in [1.54, 1.807) is 6.92 Å². The Morgan fingerprint density at radius 1 is 1.29 bits per heavy atom. The number of aryl methyl sites for hydroxylation is 1. The number of nitrogen functional groups attached to an aromatic ring is 1. The minimum absolute atomic E-state index is 0.120. The standard InChI is InChI=1S/C14H12FN3O3/c1-8-2-4-10(7-13(8)18(20)21)17-14(19)11-5-3-9(16)6-12(11)15/h2-7H,16H2,1H3,(H,17,19). The number of nitrogens with two attached hydrogens (primary N) is 1. The fraction of sp³-hybridized carbons (Fsp3) is 0.0714. The second-order valence-electron chi connectivity index (χ2n) is 4.45. The smallest absolute Gasteiger partial charge is 0.274 e. The van der Waals surface area contributed by atoms with Crippen molar-refractivity contribution >= 4 is 23.0 Å². The highest BCUT2D eigenvalue weighted by molar-refractivity contribution is 6.04. The van der Waals surface area contributed by atoms with E-state index in [9.17, 15) is 19.3 Å². The van der Waals surface area contributed by atoms with Gasteiger partial charge in [0.05, 0.1) is 10.5 Å². The van der Waals surface area contributed by atoms with Gasteiger partial charge in [0.25, 0.3) is 11.6 Å². The number of hydrogen-bond donors (Lipinski definition) is 2. The van der Waals surface area contributed by atoms with Crippen LogP contribution in [-0.4, -0.2) is 10.8 Å². The van der Waals surface area contributed by atoms with Crippen molar-refractivity contribution in [1.29, 1.82) is 0 Å². The Hall–Kier alpha value is -2.96. The maximum atomic E-state index is 13.6. The zero-order valence-electron chi connectivity index (χ0n) is 11.1. The third kappa shape index (κ3) is 3.14. The summed E-state index contributed by atoms with van der Waals surface area (Å²) in [6.07, 6.45) is 0. The zero-order valence-corrected chi connectivity index (χ0v) is 11.1. The topological polar surface area (TPSA) is 98.3 Å². The highest BCUT2D eigenvalue weighted by atomic mass is 19.1. The largest absolute Gasteiger partial charge is 0.399 e. The van der Waals surface area contributed by atoms with E-state index in [1.807, 2.05) is 0 Å². The number of carbonyl (C=O) groups is 1. The Morgan fingerprint density at radius 2 is 2.00 bits per heavy atom. The number of nitrogens with zero attached hydrogens (tertiary/aromatic N) is 1. The van der Waals surface area contributed by atoms with E-state index in [0.29, 0.717) is 5.56 Å². The third-order valence-electron chi connectivity index (χ3n) is 2.90. The SMILES string of the molecule is Cc1ccc(NC(=O)c2ccc(N)cc2F)cc1[N+](=O)[O-]. The van der Waals surface area contributed by atoms with E-state index >= 15 is 0 Å². The van der Waals surface area contributed by atoms with Crippen LogP contribution in [0.4, 0.5) is 21.5 Å². The summed E-state index contributed by atoms with van der Waals surface area (Å²) in [6, 6.07) is 7.93. The van der Waals surface area contributed by atoms with Gasteiger partial charge >= 0.3 is 0 Å². The fourth-order valence-electron chi connectivity index (χ4n) is 1.80. The summed E-state index contributed by atoms with van der Waals surface area (Å²) < 4.78 is 13.6. The van der Waals surface area contributed by atoms with Crippen LogP contribution >= 0.6 is 0 Å². The van der Waals surface area contributed by atoms with Gasteiger partial charge in [0.1, 0.15) is 5.82 Å². The number of nitro benzene ring substituents is 1. The highest BCUT2D eigenvalue weighted by Gasteiger charge is 2.15. The summed E-state index contributed by atoms with van der Waals surface area (Å²) in [7, 11) is 0. The first-order valence-corrected chi connectivity index (χ1v) is 6.00. The summed E-state index contributed by atoms with van der Waals surface area (Å²) in [5, 5.41) is 13.3. The van der Waals surface area contributed by atoms with Crippen molar-refractivity contribution in [2.24, 2.45) is 0 Å². The van der Waals surface area contributed by atoms with Crippen molar-refractivity contribution in [2.45, 2.75) is 6.92 Å². The van der Waals surface area contributed by atoms with Gasteiger partial charge in [0.15, 0.2) is 0 Å². The summed E-state index contributed by atoms with van der Waals surface area (Å²) in [6.45, 7) is 1.59. The molecule has 0 spiro atoms. The van der Waals surface area contributed by atoms with Crippen molar-refractivity contribution in [3.63, 3.8) is 0 Å². The number of benzene rings is 2. The molecule has 3 N–H and O–H groups in total. The second kappa shape index (κ2) is 5.58. The molecule has 6 nitrogen and oxygen atoms in total. The van der Waals surface area contributed by atoms with Crippen LogP contribution in [0, 0.1) is 22.9 Å². The lowest BCUT2D eigenvalue weighted by Gasteiger charge is -2.07. The molecule has 2 aromatic rings. The number of anilines is 2. The molecule has 0 aliphatic carbocycles. The van der Waals surface area contributed by atoms with Gasteiger partial charge in [-0.05, 0) is 31.2 Å². The third-order valence-corrected chi connectivity index (χ3v) is 2.90. The van der Waals surface area contributed by atoms with E-state index in [1.165, 1.54) is 30.3 Å². The zero-order chi connectivity index (χ0) is 15.6. The number of nitro groups is 1. The highest BCUT2D eigenvalue weighted by Crippen LogP contribution is 2.23. The monoisotopic (exact) mass is 289 g/mol. The van der Waals surface area contributed by atoms with Gasteiger partial charge < -0.3 is 11.1 Å². The van der Waals surface area contributed by atoms with Crippen LogP contribution in [0.1, 0.15) is 15.9 Å². The Balaban J connectivity index is 2.27. The fourth-order valence-corrected chi connectivity index (χ4v) is 1.80. The molecule has 0 aromatic heterocycles. The lowest BCUT2D eigenvalue weighted by Crippen LogP contribution is -2.14. The van der Waals surface area contributed by atoms with E-state index in [-0.39, 0.29) is 22.6 Å². The number of rotatable bonds is 3. The molecule has 21 heavy (non-hydrogen) atoms. The molecule has 0 unspecified atom stereocenters. The van der Waals surface area contributed by atoms with Crippen LogP contribution in [0.3, 0.4) is 0 Å². The van der Waals surface area contributed by atoms with Crippen LogP contribution < -0.4 is 11.1 Å². The molecule has 0 atom stereocenters. The van der Waals surface area contributed by atoms with Crippen molar-refractivity contribution in [3.8, 4) is 0 Å². The first-order valence-electron chi connectivity index (χ1n) is 6.00. The normalized spacial score (nSPS) is 10.2. The predicted molar refractivity (Wildman–Crippen MR) is 76.6 cm³/mol. The molecule has 0 aliphatic heterocycles. The molecule has 2 rings (SSSR count). The maximum Gasteiger partial charge on any atom is 0.274 e. The van der Waals surface area contributed by atoms with Crippen molar-refractivity contribution in [3.05, 3.63) is 63.5 Å². The minimum Gasteiger partial charge on any atom is -0.399 e. The quantitative estimate of drug-likeness (QED) is 0.515. The maximum absolute atomic E-state index is 13.6. The van der Waals surface area contributed by atoms with E-state index in [4.69, 9.17) is 5.73 Å². The molecule has 0 heterocycles. The predicted octanol–water partition coefficient (Wildman–Crippen LogP) is 2.88. The molecule has 2 aromatic carbocycles. The number of halogens is 1. The van der Waals surface area contributed by atoms with E-state index in [0.717, 1.165) is 6.07 Å². The molecule has 0 aliphatic rings. The van der Waals surface area contributed by atoms with Crippen LogP contribution in [0.25, 0.3) is 0 Å². The molecule has 0 saturated carbocycles. The van der Waals surface area contributed by atoms with Crippen molar-refractivity contribution < 1.29 is 14.1 Å². The molecule has 0 bridgehead atoms. The Kier molecular flexibility index (Phi) is 3.84. The first-order chi connectivity index (χ1) is 9.88. The molecule has 108 valence electrons. The number of hydrogen-bond acceptors (Lipinski definition) is 4. The number of carbonyl (C=O) groups excluding carboxylic acids is 1. The molecule has 0 saturated heterocycles. The van der Waals surface area contributed by atoms with Crippen molar-refractivity contribution in [2.75, 3.05) is 11.1 Å². The van der Waals surface area contributed by atoms with Gasteiger partial charge in [-0.25, -0.2) is 4.39 Å². The second-order valence-corrected chi connectivity index (χ2v) is 4.45. The molecule has 0 fully saturated rings. The van der Waals surface area contributed by atoms with Crippen LogP contribution in [0.5, 0.6) is 0 Å². The molecular formula is C14H12FN3O3. The van der Waals surface area contributed by atoms with Gasteiger partial charge in [-0.1, -0.05) is 6.07 Å². The van der Waals surface area contributed by atoms with Crippen molar-refractivity contribution in [1.82, 2.24) is 0 Å². The van der Waals surface area contributed by atoms with Gasteiger partial charge in [-0.15, -0.1) is 0 Å². The molecular weight excluding hydrogens is 277 g/mol.